The van der Waals surface area contributed by atoms with E-state index in [1.54, 1.807) is 36.4 Å². The molecule has 0 radical (unpaired) electrons. The van der Waals surface area contributed by atoms with Crippen LogP contribution in [0.15, 0.2) is 78.5 Å². The molecule has 2 N–H and O–H groups in total. The van der Waals surface area contributed by atoms with Gasteiger partial charge in [0, 0.05) is 18.3 Å². The number of imide groups is 1. The number of hydrogen-bond donors (Lipinski definition) is 2. The van der Waals surface area contributed by atoms with E-state index >= 15 is 0 Å². The standard InChI is InChI=1S/C27H25N3O3/c1-4-19-7-15-23(16-8-19)30-26(32)24(20-9-13-21(14-10-20)28-18(3)31)25(27(30)33)29-22-11-5-17(2)6-12-22/h5-16,29H,4H2,1-3H3,(H,28,31). The molecule has 4 rings (SSSR count). The molecule has 0 aliphatic carbocycles. The number of anilines is 3. The summed E-state index contributed by atoms with van der Waals surface area (Å²) in [6, 6.07) is 21.9. The van der Waals surface area contributed by atoms with Gasteiger partial charge in [0.15, 0.2) is 0 Å². The van der Waals surface area contributed by atoms with Crippen LogP contribution in [0.25, 0.3) is 5.57 Å². The number of benzene rings is 3. The van der Waals surface area contributed by atoms with Gasteiger partial charge in [-0.3, -0.25) is 14.4 Å². The number of nitrogens with zero attached hydrogens (tertiary/aromatic N) is 1. The molecule has 0 unspecified atom stereocenters. The summed E-state index contributed by atoms with van der Waals surface area (Å²) in [5, 5.41) is 5.88. The second-order valence-corrected chi connectivity index (χ2v) is 7.97. The Hall–Kier alpha value is -4.19. The third-order valence-corrected chi connectivity index (χ3v) is 5.50. The molecule has 1 aliphatic rings. The molecule has 3 aromatic carbocycles. The Morgan fingerprint density at radius 2 is 1.42 bits per heavy atom. The van der Waals surface area contributed by atoms with Gasteiger partial charge in [0.2, 0.25) is 5.91 Å². The highest BCUT2D eigenvalue weighted by Gasteiger charge is 2.40. The molecule has 3 aromatic rings. The topological polar surface area (TPSA) is 78.5 Å². The van der Waals surface area contributed by atoms with Crippen LogP contribution in [-0.4, -0.2) is 17.7 Å². The van der Waals surface area contributed by atoms with E-state index in [2.05, 4.69) is 17.6 Å². The molecule has 0 bridgehead atoms. The number of nitrogens with one attached hydrogen (secondary N) is 2. The van der Waals surface area contributed by atoms with E-state index in [9.17, 15) is 14.4 Å². The van der Waals surface area contributed by atoms with E-state index in [0.717, 1.165) is 17.5 Å². The van der Waals surface area contributed by atoms with E-state index in [1.807, 2.05) is 43.3 Å². The molecule has 33 heavy (non-hydrogen) atoms. The minimum Gasteiger partial charge on any atom is -0.350 e. The van der Waals surface area contributed by atoms with Crippen LogP contribution in [0.5, 0.6) is 0 Å². The lowest BCUT2D eigenvalue weighted by Crippen LogP contribution is -2.32. The van der Waals surface area contributed by atoms with Crippen LogP contribution in [0, 0.1) is 6.92 Å². The van der Waals surface area contributed by atoms with Gasteiger partial charge >= 0.3 is 0 Å². The van der Waals surface area contributed by atoms with Crippen LogP contribution < -0.4 is 15.5 Å². The van der Waals surface area contributed by atoms with Gasteiger partial charge in [0.05, 0.1) is 11.3 Å². The molecule has 0 atom stereocenters. The number of rotatable bonds is 6. The molecule has 0 saturated heterocycles. The van der Waals surface area contributed by atoms with Gasteiger partial charge in [-0.15, -0.1) is 0 Å². The van der Waals surface area contributed by atoms with Crippen LogP contribution >= 0.6 is 0 Å². The second kappa shape index (κ2) is 9.12. The van der Waals surface area contributed by atoms with Gasteiger partial charge in [0.25, 0.3) is 11.8 Å². The lowest BCUT2D eigenvalue weighted by atomic mass is 10.0. The van der Waals surface area contributed by atoms with Crippen LogP contribution in [0.3, 0.4) is 0 Å². The number of amides is 3. The lowest BCUT2D eigenvalue weighted by molar-refractivity contribution is -0.120. The zero-order chi connectivity index (χ0) is 23.5. The summed E-state index contributed by atoms with van der Waals surface area (Å²) >= 11 is 0. The SMILES string of the molecule is CCc1ccc(N2C(=O)C(Nc3ccc(C)cc3)=C(c3ccc(NC(C)=O)cc3)C2=O)cc1. The molecule has 1 aliphatic heterocycles. The molecule has 0 aromatic heterocycles. The average molecular weight is 440 g/mol. The van der Waals surface area contributed by atoms with Crippen molar-refractivity contribution in [3.05, 3.63) is 95.2 Å². The van der Waals surface area contributed by atoms with Crippen molar-refractivity contribution in [2.45, 2.75) is 27.2 Å². The fourth-order valence-corrected chi connectivity index (χ4v) is 3.73. The highest BCUT2D eigenvalue weighted by Crippen LogP contribution is 2.34. The van der Waals surface area contributed by atoms with Crippen molar-refractivity contribution in [1.82, 2.24) is 0 Å². The maximum absolute atomic E-state index is 13.5. The Bertz CT molecular complexity index is 1240. The highest BCUT2D eigenvalue weighted by molar-refractivity contribution is 6.46. The first-order chi connectivity index (χ1) is 15.9. The predicted molar refractivity (Wildman–Crippen MR) is 131 cm³/mol. The van der Waals surface area contributed by atoms with Crippen molar-refractivity contribution in [2.24, 2.45) is 0 Å². The Morgan fingerprint density at radius 3 is 2.00 bits per heavy atom. The van der Waals surface area contributed by atoms with Gasteiger partial charge < -0.3 is 10.6 Å². The number of carbonyl (C=O) groups excluding carboxylic acids is 3. The summed E-state index contributed by atoms with van der Waals surface area (Å²) in [7, 11) is 0. The second-order valence-electron chi connectivity index (χ2n) is 7.97. The van der Waals surface area contributed by atoms with Gasteiger partial charge in [-0.1, -0.05) is 48.9 Å². The largest absolute Gasteiger partial charge is 0.350 e. The van der Waals surface area contributed by atoms with E-state index in [4.69, 9.17) is 0 Å². The maximum Gasteiger partial charge on any atom is 0.282 e. The monoisotopic (exact) mass is 439 g/mol. The minimum absolute atomic E-state index is 0.183. The summed E-state index contributed by atoms with van der Waals surface area (Å²) in [5.41, 5.74) is 5.16. The Labute approximate surface area is 192 Å². The van der Waals surface area contributed by atoms with Crippen molar-refractivity contribution >= 4 is 40.4 Å². The molecule has 166 valence electrons. The van der Waals surface area contributed by atoms with Gasteiger partial charge in [-0.2, -0.15) is 0 Å². The molecule has 0 spiro atoms. The van der Waals surface area contributed by atoms with Crippen LogP contribution in [0.2, 0.25) is 0 Å². The highest BCUT2D eigenvalue weighted by atomic mass is 16.2. The van der Waals surface area contributed by atoms with Crippen molar-refractivity contribution in [2.75, 3.05) is 15.5 Å². The Balaban J connectivity index is 1.76. The molecular formula is C27H25N3O3. The smallest absolute Gasteiger partial charge is 0.282 e. The van der Waals surface area contributed by atoms with Crippen LogP contribution in [-0.2, 0) is 20.8 Å². The normalized spacial score (nSPS) is 13.5. The van der Waals surface area contributed by atoms with E-state index in [-0.39, 0.29) is 17.2 Å². The Kier molecular flexibility index (Phi) is 6.09. The van der Waals surface area contributed by atoms with E-state index in [0.29, 0.717) is 22.6 Å². The molecular weight excluding hydrogens is 414 g/mol. The van der Waals surface area contributed by atoms with Gasteiger partial charge in [0.1, 0.15) is 5.70 Å². The van der Waals surface area contributed by atoms with E-state index in [1.165, 1.54) is 11.8 Å². The first-order valence-corrected chi connectivity index (χ1v) is 10.8. The molecule has 1 heterocycles. The minimum atomic E-state index is -0.411. The first kappa shape index (κ1) is 22.0. The Morgan fingerprint density at radius 1 is 0.818 bits per heavy atom. The molecule has 3 amide bonds. The predicted octanol–water partition coefficient (Wildman–Crippen LogP) is 4.91. The fraction of sp³-hybridized carbons (Fsp3) is 0.148. The van der Waals surface area contributed by atoms with Crippen molar-refractivity contribution in [1.29, 1.82) is 0 Å². The van der Waals surface area contributed by atoms with Crippen molar-refractivity contribution in [3.63, 3.8) is 0 Å². The number of carbonyl (C=O) groups is 3. The van der Waals surface area contributed by atoms with Gasteiger partial charge in [-0.25, -0.2) is 4.90 Å². The zero-order valence-corrected chi connectivity index (χ0v) is 18.8. The van der Waals surface area contributed by atoms with E-state index < -0.39 is 11.8 Å². The van der Waals surface area contributed by atoms with Crippen molar-refractivity contribution < 1.29 is 14.4 Å². The summed E-state index contributed by atoms with van der Waals surface area (Å²) in [5.74, 6) is -0.991. The number of hydrogen-bond acceptors (Lipinski definition) is 4. The summed E-state index contributed by atoms with van der Waals surface area (Å²) in [6.45, 7) is 5.47. The molecule has 0 fully saturated rings. The summed E-state index contributed by atoms with van der Waals surface area (Å²) in [4.78, 5) is 39.5. The molecule has 6 nitrogen and oxygen atoms in total. The first-order valence-electron chi connectivity index (χ1n) is 10.8. The maximum atomic E-state index is 13.5. The summed E-state index contributed by atoms with van der Waals surface area (Å²) < 4.78 is 0. The third kappa shape index (κ3) is 4.55. The van der Waals surface area contributed by atoms with Crippen LogP contribution in [0.4, 0.5) is 17.1 Å². The summed E-state index contributed by atoms with van der Waals surface area (Å²) in [6.07, 6.45) is 0.868. The number of aryl methyl sites for hydroxylation is 2. The van der Waals surface area contributed by atoms with Crippen LogP contribution in [0.1, 0.15) is 30.5 Å². The van der Waals surface area contributed by atoms with Crippen molar-refractivity contribution in [3.8, 4) is 0 Å². The average Bonchev–Trinajstić information content (AvgIpc) is 3.05. The molecule has 0 saturated carbocycles. The third-order valence-electron chi connectivity index (χ3n) is 5.50. The fourth-order valence-electron chi connectivity index (χ4n) is 3.73. The quantitative estimate of drug-likeness (QED) is 0.535. The molecule has 6 heteroatoms. The lowest BCUT2D eigenvalue weighted by Gasteiger charge is -2.16. The zero-order valence-electron chi connectivity index (χ0n) is 18.8. The van der Waals surface area contributed by atoms with Gasteiger partial charge in [-0.05, 0) is 60.9 Å².